The number of alkyl halides is 3. The molecule has 2 aromatic rings. The summed E-state index contributed by atoms with van der Waals surface area (Å²) in [5.74, 6) is -1.01. The lowest BCUT2D eigenvalue weighted by atomic mass is 9.97. The third kappa shape index (κ3) is 6.36. The number of carboxylic acids is 1. The first-order valence-corrected chi connectivity index (χ1v) is 10.8. The highest BCUT2D eigenvalue weighted by atomic mass is 19.4. The molecule has 0 radical (unpaired) electrons. The monoisotopic (exact) mass is 496 g/mol. The number of aliphatic hydroxyl groups is 1. The molecule has 1 aliphatic heterocycles. The van der Waals surface area contributed by atoms with Crippen LogP contribution in [0, 0.1) is 0 Å². The van der Waals surface area contributed by atoms with E-state index in [-0.39, 0.29) is 18.7 Å². The van der Waals surface area contributed by atoms with Crippen LogP contribution in [0.5, 0.6) is 5.75 Å². The van der Waals surface area contributed by atoms with Crippen LogP contribution in [0.25, 0.3) is 0 Å². The van der Waals surface area contributed by atoms with Crippen LogP contribution in [0.3, 0.4) is 0 Å². The van der Waals surface area contributed by atoms with Crippen molar-refractivity contribution in [2.45, 2.75) is 57.2 Å². The van der Waals surface area contributed by atoms with Crippen molar-refractivity contribution >= 4 is 23.4 Å². The van der Waals surface area contributed by atoms with E-state index in [0.717, 1.165) is 19.4 Å². The number of carbonyl (C=O) groups excluding carboxylic acids is 1. The highest BCUT2D eigenvalue weighted by molar-refractivity contribution is 5.86. The number of anilines is 2. The van der Waals surface area contributed by atoms with Crippen LogP contribution in [-0.2, 0) is 16.1 Å². The summed E-state index contributed by atoms with van der Waals surface area (Å²) in [6, 6.07) is 13.9. The summed E-state index contributed by atoms with van der Waals surface area (Å²) >= 11 is 0. The van der Waals surface area contributed by atoms with E-state index < -0.39 is 35.5 Å². The fraction of sp³-hybridized carbons (Fsp3) is 0.417. The summed E-state index contributed by atoms with van der Waals surface area (Å²) in [4.78, 5) is 25.4. The zero-order valence-corrected chi connectivity index (χ0v) is 19.4. The molecule has 8 nitrogen and oxygen atoms in total. The SMILES string of the molecule is CC(O)(CC1CN(Cc2ccccc2)c2cc(NC(=O)OC(C)(C)C(F)(F)F)ccc2O1)C(=O)O. The normalized spacial score (nSPS) is 17.6. The minimum Gasteiger partial charge on any atom is -0.486 e. The molecule has 0 spiro atoms. The van der Waals surface area contributed by atoms with E-state index in [4.69, 9.17) is 4.74 Å². The fourth-order valence-electron chi connectivity index (χ4n) is 3.53. The van der Waals surface area contributed by atoms with Gasteiger partial charge in [0.05, 0.1) is 12.2 Å². The number of nitrogens with zero attached hydrogens (tertiary/aromatic N) is 1. The van der Waals surface area contributed by atoms with Crippen molar-refractivity contribution in [3.63, 3.8) is 0 Å². The molecule has 1 aliphatic rings. The number of aliphatic carboxylic acids is 1. The lowest BCUT2D eigenvalue weighted by Gasteiger charge is -2.38. The van der Waals surface area contributed by atoms with E-state index in [1.165, 1.54) is 25.1 Å². The molecule has 3 N–H and O–H groups in total. The van der Waals surface area contributed by atoms with Gasteiger partial charge in [-0.05, 0) is 44.5 Å². The number of hydrogen-bond acceptors (Lipinski definition) is 6. The molecule has 11 heteroatoms. The number of benzene rings is 2. The van der Waals surface area contributed by atoms with Crippen molar-refractivity contribution in [3.8, 4) is 5.75 Å². The number of halogens is 3. The number of carbonyl (C=O) groups is 2. The Morgan fingerprint density at radius 1 is 1.14 bits per heavy atom. The Bertz CT molecular complexity index is 1070. The summed E-state index contributed by atoms with van der Waals surface area (Å²) in [5, 5.41) is 21.8. The minimum atomic E-state index is -4.74. The Morgan fingerprint density at radius 3 is 2.40 bits per heavy atom. The fourth-order valence-corrected chi connectivity index (χ4v) is 3.53. The molecule has 0 aliphatic carbocycles. The van der Waals surface area contributed by atoms with E-state index in [0.29, 0.717) is 18.0 Å². The maximum Gasteiger partial charge on any atom is 0.427 e. The maximum atomic E-state index is 13.0. The molecule has 0 fully saturated rings. The van der Waals surface area contributed by atoms with Gasteiger partial charge in [0.2, 0.25) is 5.60 Å². The highest BCUT2D eigenvalue weighted by Crippen LogP contribution is 2.39. The van der Waals surface area contributed by atoms with E-state index in [1.54, 1.807) is 0 Å². The van der Waals surface area contributed by atoms with E-state index >= 15 is 0 Å². The van der Waals surface area contributed by atoms with Gasteiger partial charge in [-0.15, -0.1) is 0 Å². The predicted molar refractivity (Wildman–Crippen MR) is 121 cm³/mol. The molecule has 1 heterocycles. The number of carboxylic acid groups (broad SMARTS) is 1. The Kier molecular flexibility index (Phi) is 7.21. The average Bonchev–Trinajstić information content (AvgIpc) is 2.73. The molecule has 0 saturated carbocycles. The molecule has 2 aromatic carbocycles. The second kappa shape index (κ2) is 9.65. The van der Waals surface area contributed by atoms with Crippen LogP contribution >= 0.6 is 0 Å². The van der Waals surface area contributed by atoms with Gasteiger partial charge in [0.15, 0.2) is 5.60 Å². The molecular formula is C24H27F3N2O6. The Balaban J connectivity index is 1.85. The van der Waals surface area contributed by atoms with E-state index in [2.05, 4.69) is 10.1 Å². The lowest BCUT2D eigenvalue weighted by Crippen LogP contribution is -2.46. The average molecular weight is 496 g/mol. The highest BCUT2D eigenvalue weighted by Gasteiger charge is 2.51. The molecular weight excluding hydrogens is 469 g/mol. The van der Waals surface area contributed by atoms with Gasteiger partial charge < -0.3 is 24.6 Å². The van der Waals surface area contributed by atoms with Crippen LogP contribution in [0.4, 0.5) is 29.3 Å². The topological polar surface area (TPSA) is 108 Å². The van der Waals surface area contributed by atoms with Gasteiger partial charge in [0.1, 0.15) is 11.9 Å². The summed E-state index contributed by atoms with van der Waals surface area (Å²) < 4.78 is 49.6. The second-order valence-corrected chi connectivity index (χ2v) is 9.09. The lowest BCUT2D eigenvalue weighted by molar-refractivity contribution is -0.242. The van der Waals surface area contributed by atoms with Crippen LogP contribution in [0.15, 0.2) is 48.5 Å². The number of ether oxygens (including phenoxy) is 2. The van der Waals surface area contributed by atoms with Crippen molar-refractivity contribution in [3.05, 3.63) is 54.1 Å². The molecule has 0 bridgehead atoms. The summed E-state index contributed by atoms with van der Waals surface area (Å²) in [7, 11) is 0. The molecule has 0 aromatic heterocycles. The van der Waals surface area contributed by atoms with Crippen molar-refractivity contribution in [2.24, 2.45) is 0 Å². The molecule has 1 amide bonds. The number of rotatable bonds is 7. The maximum absolute atomic E-state index is 13.0. The summed E-state index contributed by atoms with van der Waals surface area (Å²) in [6.07, 6.45) is -6.85. The largest absolute Gasteiger partial charge is 0.486 e. The molecule has 2 unspecified atom stereocenters. The van der Waals surface area contributed by atoms with Gasteiger partial charge in [-0.1, -0.05) is 30.3 Å². The molecule has 0 saturated heterocycles. The van der Waals surface area contributed by atoms with Crippen LogP contribution in [0.2, 0.25) is 0 Å². The first kappa shape index (κ1) is 26.1. The molecule has 2 atom stereocenters. The van der Waals surface area contributed by atoms with Gasteiger partial charge in [0, 0.05) is 18.7 Å². The molecule has 190 valence electrons. The van der Waals surface area contributed by atoms with Crippen molar-refractivity contribution in [1.82, 2.24) is 0 Å². The quantitative estimate of drug-likeness (QED) is 0.515. The second-order valence-electron chi connectivity index (χ2n) is 9.09. The predicted octanol–water partition coefficient (Wildman–Crippen LogP) is 4.57. The van der Waals surface area contributed by atoms with Gasteiger partial charge in [-0.3, -0.25) is 5.32 Å². The zero-order chi connectivity index (χ0) is 26.0. The third-order valence-electron chi connectivity index (χ3n) is 5.60. The Hall–Kier alpha value is -3.47. The van der Waals surface area contributed by atoms with Crippen LogP contribution < -0.4 is 15.0 Å². The number of amides is 1. The Labute approximate surface area is 200 Å². The molecule has 3 rings (SSSR count). The van der Waals surface area contributed by atoms with Crippen molar-refractivity contribution in [1.29, 1.82) is 0 Å². The zero-order valence-electron chi connectivity index (χ0n) is 19.4. The summed E-state index contributed by atoms with van der Waals surface area (Å²) in [6.45, 7) is 3.32. The van der Waals surface area contributed by atoms with Crippen LogP contribution in [-0.4, -0.2) is 52.3 Å². The first-order chi connectivity index (χ1) is 16.2. The smallest absolute Gasteiger partial charge is 0.427 e. The standard InChI is InChI=1S/C24H27F3N2O6/c1-22(2,24(25,26)27)35-21(32)28-16-9-10-19-18(11-16)29(13-15-7-5-4-6-8-15)14-17(34-19)12-23(3,33)20(30)31/h4-11,17,33H,12-14H2,1-3H3,(H,28,32)(H,30,31). The number of nitrogens with one attached hydrogen (secondary N) is 1. The van der Waals surface area contributed by atoms with E-state index in [9.17, 15) is 33.0 Å². The van der Waals surface area contributed by atoms with Gasteiger partial charge >= 0.3 is 18.2 Å². The van der Waals surface area contributed by atoms with Crippen molar-refractivity contribution in [2.75, 3.05) is 16.8 Å². The first-order valence-electron chi connectivity index (χ1n) is 10.8. The number of fused-ring (bicyclic) bond motifs is 1. The van der Waals surface area contributed by atoms with E-state index in [1.807, 2.05) is 35.2 Å². The van der Waals surface area contributed by atoms with Gasteiger partial charge in [-0.2, -0.15) is 13.2 Å². The minimum absolute atomic E-state index is 0.175. The molecule has 35 heavy (non-hydrogen) atoms. The summed E-state index contributed by atoms with van der Waals surface area (Å²) in [5.41, 5.74) is -3.02. The van der Waals surface area contributed by atoms with Crippen molar-refractivity contribution < 1.29 is 42.4 Å². The number of hydrogen-bond donors (Lipinski definition) is 3. The van der Waals surface area contributed by atoms with Crippen LogP contribution in [0.1, 0.15) is 32.8 Å². The van der Waals surface area contributed by atoms with Gasteiger partial charge in [-0.25, -0.2) is 9.59 Å². The third-order valence-corrected chi connectivity index (χ3v) is 5.60. The Morgan fingerprint density at radius 2 is 1.80 bits per heavy atom. The van der Waals surface area contributed by atoms with Gasteiger partial charge in [0.25, 0.3) is 0 Å².